The topological polar surface area (TPSA) is 25.8 Å². The van der Waals surface area contributed by atoms with Gasteiger partial charge in [-0.3, -0.25) is 0 Å². The van der Waals surface area contributed by atoms with Crippen molar-refractivity contribution in [3.05, 3.63) is 230 Å². The van der Waals surface area contributed by atoms with Gasteiger partial charge < -0.3 is 0 Å². The van der Waals surface area contributed by atoms with Gasteiger partial charge in [0, 0.05) is 22.1 Å². The maximum Gasteiger partial charge on any atom is 0.160 e. The number of hydrogen-bond acceptors (Lipinski definition) is 2. The van der Waals surface area contributed by atoms with Gasteiger partial charge in [-0.25, -0.2) is 9.97 Å². The van der Waals surface area contributed by atoms with Gasteiger partial charge >= 0.3 is 0 Å². The van der Waals surface area contributed by atoms with Gasteiger partial charge in [0.2, 0.25) is 0 Å². The van der Waals surface area contributed by atoms with Gasteiger partial charge in [-0.15, -0.1) is 0 Å². The molecule has 11 aromatic rings. The molecule has 296 valence electrons. The molecule has 1 aliphatic carbocycles. The van der Waals surface area contributed by atoms with Crippen LogP contribution in [0.1, 0.15) is 25.0 Å². The van der Waals surface area contributed by atoms with Crippen LogP contribution >= 0.6 is 0 Å². The van der Waals surface area contributed by atoms with E-state index in [0.29, 0.717) is 5.82 Å². The summed E-state index contributed by atoms with van der Waals surface area (Å²) < 4.78 is 0. The molecule has 10 aromatic carbocycles. The molecule has 12 rings (SSSR count). The molecule has 2 nitrogen and oxygen atoms in total. The molecular formula is C61H42N2. The number of nitrogens with zero attached hydrogens (tertiary/aromatic N) is 2. The average molecular weight is 803 g/mol. The second-order valence-electron chi connectivity index (χ2n) is 17.2. The minimum atomic E-state index is -0.0647. The van der Waals surface area contributed by atoms with Crippen LogP contribution < -0.4 is 0 Å². The molecule has 0 N–H and O–H groups in total. The van der Waals surface area contributed by atoms with E-state index in [9.17, 15) is 0 Å². The van der Waals surface area contributed by atoms with Crippen LogP contribution in [0.25, 0.3) is 111 Å². The van der Waals surface area contributed by atoms with E-state index in [0.717, 1.165) is 39.0 Å². The van der Waals surface area contributed by atoms with E-state index >= 15 is 0 Å². The molecule has 1 heterocycles. The third-order valence-corrected chi connectivity index (χ3v) is 13.3. The summed E-state index contributed by atoms with van der Waals surface area (Å²) in [4.78, 5) is 10.6. The Labute approximate surface area is 367 Å². The molecule has 0 atom stereocenters. The maximum absolute atomic E-state index is 5.34. The molecule has 0 saturated heterocycles. The second-order valence-corrected chi connectivity index (χ2v) is 17.2. The Balaban J connectivity index is 1.01. The molecule has 0 radical (unpaired) electrons. The summed E-state index contributed by atoms with van der Waals surface area (Å²) in [5, 5.41) is 7.24. The predicted molar refractivity (Wildman–Crippen MR) is 265 cm³/mol. The molecular weight excluding hydrogens is 761 g/mol. The number of aromatic nitrogens is 2. The quantitative estimate of drug-likeness (QED) is 0.167. The summed E-state index contributed by atoms with van der Waals surface area (Å²) in [5.74, 6) is 0.699. The van der Waals surface area contributed by atoms with Crippen molar-refractivity contribution in [1.29, 1.82) is 0 Å². The smallest absolute Gasteiger partial charge is 0.160 e. The Bertz CT molecular complexity index is 3590. The number of fused-ring (bicyclic) bond motifs is 6. The third kappa shape index (κ3) is 6.02. The predicted octanol–water partition coefficient (Wildman–Crippen LogP) is 16.2. The molecule has 0 bridgehead atoms. The van der Waals surface area contributed by atoms with Crippen molar-refractivity contribution in [2.24, 2.45) is 0 Å². The van der Waals surface area contributed by atoms with Crippen LogP contribution in [0.2, 0.25) is 0 Å². The summed E-state index contributed by atoms with van der Waals surface area (Å²) in [6.45, 7) is 4.71. The standard InChI is InChI=1S/C61H42N2/c1-61(2)56-30-15-14-27-52(56)53-32-31-41(37-57(53)61)43-33-34-50(46-23-9-8-22-44(43)46)51-35-36-55(49-26-11-10-24-47(49)51)59-38-58(62-60(63-59)40-18-4-3-5-19-40)54-28-13-12-25-48(54)45-29-16-20-39-17-6-7-21-42(39)45/h3-38H,1-2H3. The lowest BCUT2D eigenvalue weighted by molar-refractivity contribution is 0.660. The van der Waals surface area contributed by atoms with Crippen molar-refractivity contribution >= 4 is 32.3 Å². The van der Waals surface area contributed by atoms with E-state index in [-0.39, 0.29) is 5.41 Å². The molecule has 0 spiro atoms. The van der Waals surface area contributed by atoms with Crippen molar-refractivity contribution in [2.75, 3.05) is 0 Å². The maximum atomic E-state index is 5.34. The molecule has 1 aromatic heterocycles. The van der Waals surface area contributed by atoms with Gasteiger partial charge in [-0.05, 0) is 100 Å². The first-order valence-electron chi connectivity index (χ1n) is 21.8. The van der Waals surface area contributed by atoms with Crippen molar-refractivity contribution in [3.8, 4) is 78.4 Å². The molecule has 1 aliphatic rings. The van der Waals surface area contributed by atoms with Crippen LogP contribution in [0.15, 0.2) is 218 Å². The third-order valence-electron chi connectivity index (χ3n) is 13.3. The lowest BCUT2D eigenvalue weighted by Crippen LogP contribution is -2.14. The first kappa shape index (κ1) is 36.9. The zero-order chi connectivity index (χ0) is 42.1. The van der Waals surface area contributed by atoms with Gasteiger partial charge in [0.25, 0.3) is 0 Å². The zero-order valence-electron chi connectivity index (χ0n) is 35.2. The highest BCUT2D eigenvalue weighted by atomic mass is 14.9. The van der Waals surface area contributed by atoms with E-state index in [1.165, 1.54) is 77.0 Å². The first-order valence-corrected chi connectivity index (χ1v) is 21.8. The molecule has 0 amide bonds. The summed E-state index contributed by atoms with van der Waals surface area (Å²) in [6, 6.07) is 79.1. The van der Waals surface area contributed by atoms with Crippen molar-refractivity contribution < 1.29 is 0 Å². The fraction of sp³-hybridized carbons (Fsp3) is 0.0492. The van der Waals surface area contributed by atoms with Crippen LogP contribution in [-0.2, 0) is 5.41 Å². The molecule has 0 fully saturated rings. The van der Waals surface area contributed by atoms with E-state index in [1.54, 1.807) is 0 Å². The molecule has 0 saturated carbocycles. The van der Waals surface area contributed by atoms with E-state index < -0.39 is 0 Å². The SMILES string of the molecule is CC1(C)c2ccccc2-c2ccc(-c3ccc(-c4ccc(-c5cc(-c6ccccc6-c6cccc7ccccc67)nc(-c6ccccc6)n5)c5ccccc45)c4ccccc34)cc21. The van der Waals surface area contributed by atoms with E-state index in [1.807, 2.05) is 6.07 Å². The Hall–Kier alpha value is -7.94. The second kappa shape index (κ2) is 14.6. The minimum Gasteiger partial charge on any atom is -0.228 e. The summed E-state index contributed by atoms with van der Waals surface area (Å²) >= 11 is 0. The van der Waals surface area contributed by atoms with Crippen molar-refractivity contribution in [2.45, 2.75) is 19.3 Å². The van der Waals surface area contributed by atoms with Gasteiger partial charge in [-0.1, -0.05) is 220 Å². The lowest BCUT2D eigenvalue weighted by atomic mass is 9.81. The van der Waals surface area contributed by atoms with Crippen LogP contribution in [-0.4, -0.2) is 9.97 Å². The van der Waals surface area contributed by atoms with Crippen LogP contribution in [0, 0.1) is 0 Å². The Kier molecular flexibility index (Phi) is 8.55. The van der Waals surface area contributed by atoms with Crippen LogP contribution in [0.4, 0.5) is 0 Å². The highest BCUT2D eigenvalue weighted by Crippen LogP contribution is 2.50. The zero-order valence-corrected chi connectivity index (χ0v) is 35.2. The molecule has 0 aliphatic heterocycles. The highest BCUT2D eigenvalue weighted by Gasteiger charge is 2.35. The van der Waals surface area contributed by atoms with Crippen molar-refractivity contribution in [3.63, 3.8) is 0 Å². The van der Waals surface area contributed by atoms with Gasteiger partial charge in [0.15, 0.2) is 5.82 Å². The summed E-state index contributed by atoms with van der Waals surface area (Å²) in [7, 11) is 0. The first-order chi connectivity index (χ1) is 31.0. The van der Waals surface area contributed by atoms with Crippen molar-refractivity contribution in [1.82, 2.24) is 9.97 Å². The molecule has 0 unspecified atom stereocenters. The average Bonchev–Trinajstić information content (AvgIpc) is 3.58. The van der Waals surface area contributed by atoms with E-state index in [2.05, 4.69) is 226 Å². The fourth-order valence-corrected chi connectivity index (χ4v) is 10.3. The van der Waals surface area contributed by atoms with Gasteiger partial charge in [0.05, 0.1) is 11.4 Å². The van der Waals surface area contributed by atoms with Gasteiger partial charge in [-0.2, -0.15) is 0 Å². The van der Waals surface area contributed by atoms with Crippen LogP contribution in [0.3, 0.4) is 0 Å². The lowest BCUT2D eigenvalue weighted by Gasteiger charge is -2.22. The Morgan fingerprint density at radius 3 is 1.48 bits per heavy atom. The van der Waals surface area contributed by atoms with Crippen LogP contribution in [0.5, 0.6) is 0 Å². The fourth-order valence-electron chi connectivity index (χ4n) is 10.3. The Morgan fingerprint density at radius 1 is 0.286 bits per heavy atom. The molecule has 63 heavy (non-hydrogen) atoms. The largest absolute Gasteiger partial charge is 0.228 e. The monoisotopic (exact) mass is 802 g/mol. The van der Waals surface area contributed by atoms with E-state index in [4.69, 9.17) is 9.97 Å². The summed E-state index contributed by atoms with van der Waals surface area (Å²) in [5.41, 5.74) is 17.5. The normalized spacial score (nSPS) is 12.7. The summed E-state index contributed by atoms with van der Waals surface area (Å²) in [6.07, 6.45) is 0. The Morgan fingerprint density at radius 2 is 0.746 bits per heavy atom. The molecule has 2 heteroatoms. The number of hydrogen-bond donors (Lipinski definition) is 0. The minimum absolute atomic E-state index is 0.0647. The highest BCUT2D eigenvalue weighted by molar-refractivity contribution is 6.12. The van der Waals surface area contributed by atoms with Gasteiger partial charge in [0.1, 0.15) is 0 Å². The number of benzene rings is 10. The number of rotatable bonds is 6.